The largest absolute Gasteiger partial charge is 0.480 e. The number of carbonyl (C=O) groups excluding carboxylic acids is 1. The number of amides is 1. The van der Waals surface area contributed by atoms with Crippen molar-refractivity contribution in [3.05, 3.63) is 0 Å². The Bertz CT molecular complexity index is 591. The lowest BCUT2D eigenvalue weighted by atomic mass is 10.1. The molecule has 0 aliphatic heterocycles. The number of nitrogens with one attached hydrogen (secondary N) is 1. The Morgan fingerprint density at radius 2 is 1.10 bits per heavy atom. The molecule has 0 aliphatic carbocycles. The topological polar surface area (TPSA) is 191 Å². The van der Waals surface area contributed by atoms with E-state index in [0.29, 0.717) is 0 Å². The first-order valence-electron chi connectivity index (χ1n) is 9.67. The van der Waals surface area contributed by atoms with E-state index >= 15 is 0 Å². The zero-order valence-electron chi connectivity index (χ0n) is 18.2. The maximum atomic E-state index is 12.3. The summed E-state index contributed by atoms with van der Waals surface area (Å²) in [5.41, 5.74) is -0.488. The van der Waals surface area contributed by atoms with Crippen molar-refractivity contribution in [1.29, 1.82) is 0 Å². The summed E-state index contributed by atoms with van der Waals surface area (Å²) < 4.78 is 0. The SMILES string of the molecule is CC(C)(C)NC(=O)CN(CCN(CC(=O)O)CC(=O)O)CCN(CC(=O)O)CC(O)O. The number of hydrogen-bond donors (Lipinski definition) is 6. The Balaban J connectivity index is 5.19. The molecule has 0 heterocycles. The van der Waals surface area contributed by atoms with Gasteiger partial charge in [0, 0.05) is 38.3 Å². The lowest BCUT2D eigenvalue weighted by Gasteiger charge is -2.30. The predicted octanol–water partition coefficient (Wildman–Crippen LogP) is -2.63. The molecule has 0 aromatic carbocycles. The van der Waals surface area contributed by atoms with Gasteiger partial charge in [-0.3, -0.25) is 33.9 Å². The van der Waals surface area contributed by atoms with Crippen molar-refractivity contribution in [3.63, 3.8) is 0 Å². The Morgan fingerprint density at radius 3 is 1.48 bits per heavy atom. The highest BCUT2D eigenvalue weighted by atomic mass is 16.5. The molecule has 0 radical (unpaired) electrons. The van der Waals surface area contributed by atoms with Gasteiger partial charge in [0.25, 0.3) is 0 Å². The fourth-order valence-corrected chi connectivity index (χ4v) is 2.75. The van der Waals surface area contributed by atoms with Gasteiger partial charge in [-0.1, -0.05) is 0 Å². The molecular weight excluding hydrogens is 416 g/mol. The number of carboxylic acids is 3. The zero-order chi connectivity index (χ0) is 24.2. The molecule has 0 fully saturated rings. The molecule has 0 spiro atoms. The van der Waals surface area contributed by atoms with Crippen LogP contribution in [0.5, 0.6) is 0 Å². The van der Waals surface area contributed by atoms with Crippen molar-refractivity contribution >= 4 is 23.8 Å². The molecule has 13 heteroatoms. The molecule has 0 aliphatic rings. The monoisotopic (exact) mass is 450 g/mol. The van der Waals surface area contributed by atoms with Crippen LogP contribution in [-0.4, -0.2) is 135 Å². The molecule has 0 saturated heterocycles. The van der Waals surface area contributed by atoms with E-state index in [1.54, 1.807) is 25.7 Å². The molecule has 0 unspecified atom stereocenters. The van der Waals surface area contributed by atoms with Crippen LogP contribution in [0.2, 0.25) is 0 Å². The normalized spacial score (nSPS) is 12.0. The maximum Gasteiger partial charge on any atom is 0.317 e. The Morgan fingerprint density at radius 1 is 0.710 bits per heavy atom. The van der Waals surface area contributed by atoms with Crippen LogP contribution in [0.1, 0.15) is 20.8 Å². The Labute approximate surface area is 180 Å². The highest BCUT2D eigenvalue weighted by Crippen LogP contribution is 2.01. The molecule has 13 nitrogen and oxygen atoms in total. The van der Waals surface area contributed by atoms with E-state index in [-0.39, 0.29) is 45.2 Å². The van der Waals surface area contributed by atoms with Gasteiger partial charge in [0.15, 0.2) is 6.29 Å². The minimum Gasteiger partial charge on any atom is -0.480 e. The third-order valence-electron chi connectivity index (χ3n) is 3.84. The smallest absolute Gasteiger partial charge is 0.317 e. The molecule has 31 heavy (non-hydrogen) atoms. The average molecular weight is 450 g/mol. The first-order chi connectivity index (χ1) is 14.2. The number of hydrogen-bond acceptors (Lipinski definition) is 9. The van der Waals surface area contributed by atoms with Gasteiger partial charge in [0.05, 0.1) is 26.2 Å². The fourth-order valence-electron chi connectivity index (χ4n) is 2.75. The number of aliphatic hydroxyl groups excluding tert-OH is 1. The van der Waals surface area contributed by atoms with E-state index in [2.05, 4.69) is 5.32 Å². The van der Waals surface area contributed by atoms with Gasteiger partial charge in [0.1, 0.15) is 0 Å². The first-order valence-corrected chi connectivity index (χ1v) is 9.67. The van der Waals surface area contributed by atoms with Gasteiger partial charge in [-0.15, -0.1) is 0 Å². The summed E-state index contributed by atoms with van der Waals surface area (Å²) in [5.74, 6) is -3.86. The molecule has 1 amide bonds. The van der Waals surface area contributed by atoms with E-state index in [9.17, 15) is 19.2 Å². The van der Waals surface area contributed by atoms with Crippen LogP contribution >= 0.6 is 0 Å². The van der Waals surface area contributed by atoms with E-state index in [1.165, 1.54) is 9.80 Å². The van der Waals surface area contributed by atoms with Crippen molar-refractivity contribution in [2.75, 3.05) is 58.9 Å². The summed E-state index contributed by atoms with van der Waals surface area (Å²) >= 11 is 0. The van der Waals surface area contributed by atoms with E-state index in [0.717, 1.165) is 0 Å². The standard InChI is InChI=1S/C18H34N4O9/c1-18(2,3)19-13(23)8-20(4-6-21(9-14(24)25)10-15(26)27)5-7-22(11-16(28)29)12-17(30)31/h14,24-25H,4-12H2,1-3H3,(H,19,23)(H,26,27)(H,28,29)(H,30,31). The van der Waals surface area contributed by atoms with Crippen molar-refractivity contribution in [3.8, 4) is 0 Å². The number of rotatable bonds is 16. The van der Waals surface area contributed by atoms with Crippen molar-refractivity contribution < 1.29 is 44.7 Å². The minimum atomic E-state index is -1.74. The van der Waals surface area contributed by atoms with Crippen molar-refractivity contribution in [2.45, 2.75) is 32.6 Å². The van der Waals surface area contributed by atoms with Gasteiger partial charge in [0.2, 0.25) is 5.91 Å². The van der Waals surface area contributed by atoms with Crippen LogP contribution in [0.3, 0.4) is 0 Å². The van der Waals surface area contributed by atoms with Crippen LogP contribution in [0.15, 0.2) is 0 Å². The third-order valence-corrected chi connectivity index (χ3v) is 3.84. The predicted molar refractivity (Wildman–Crippen MR) is 108 cm³/mol. The second-order valence-electron chi connectivity index (χ2n) is 8.18. The van der Waals surface area contributed by atoms with Gasteiger partial charge >= 0.3 is 17.9 Å². The molecule has 0 rings (SSSR count). The second kappa shape index (κ2) is 13.9. The quantitative estimate of drug-likeness (QED) is 0.134. The van der Waals surface area contributed by atoms with Crippen LogP contribution in [0, 0.1) is 0 Å². The Hall–Kier alpha value is -2.32. The summed E-state index contributed by atoms with van der Waals surface area (Å²) in [4.78, 5) is 49.4. The van der Waals surface area contributed by atoms with Gasteiger partial charge < -0.3 is 30.8 Å². The zero-order valence-corrected chi connectivity index (χ0v) is 18.2. The van der Waals surface area contributed by atoms with Gasteiger partial charge in [-0.2, -0.15) is 0 Å². The third kappa shape index (κ3) is 17.1. The molecule has 0 aromatic rings. The summed E-state index contributed by atoms with van der Waals surface area (Å²) in [6, 6.07) is 0. The summed E-state index contributed by atoms with van der Waals surface area (Å²) in [7, 11) is 0. The molecule has 0 atom stereocenters. The maximum absolute atomic E-state index is 12.3. The van der Waals surface area contributed by atoms with Crippen LogP contribution in [-0.2, 0) is 19.2 Å². The highest BCUT2D eigenvalue weighted by Gasteiger charge is 2.21. The first kappa shape index (κ1) is 28.7. The average Bonchev–Trinajstić information content (AvgIpc) is 2.52. The Kier molecular flexibility index (Phi) is 12.8. The number of nitrogens with zero attached hydrogens (tertiary/aromatic N) is 3. The molecule has 180 valence electrons. The lowest BCUT2D eigenvalue weighted by Crippen LogP contribution is -2.49. The summed E-state index contributed by atoms with van der Waals surface area (Å²) in [6.07, 6.45) is -1.74. The van der Waals surface area contributed by atoms with Crippen LogP contribution < -0.4 is 5.32 Å². The molecular formula is C18H34N4O9. The molecule has 0 aromatic heterocycles. The van der Waals surface area contributed by atoms with Crippen molar-refractivity contribution in [2.24, 2.45) is 0 Å². The summed E-state index contributed by atoms with van der Waals surface area (Å²) in [5, 5.41) is 48.0. The molecule has 0 bridgehead atoms. The van der Waals surface area contributed by atoms with Crippen LogP contribution in [0.25, 0.3) is 0 Å². The molecule has 6 N–H and O–H groups in total. The highest BCUT2D eigenvalue weighted by molar-refractivity contribution is 5.78. The van der Waals surface area contributed by atoms with Gasteiger partial charge in [-0.05, 0) is 20.8 Å². The molecule has 0 saturated carbocycles. The lowest BCUT2D eigenvalue weighted by molar-refractivity contribution is -0.142. The number of carbonyl (C=O) groups is 4. The number of carboxylic acid groups (broad SMARTS) is 3. The van der Waals surface area contributed by atoms with Crippen LogP contribution in [0.4, 0.5) is 0 Å². The minimum absolute atomic E-state index is 0.0446. The fraction of sp³-hybridized carbons (Fsp3) is 0.778. The summed E-state index contributed by atoms with van der Waals surface area (Å²) in [6.45, 7) is 4.01. The number of aliphatic hydroxyl groups is 2. The number of aliphatic carboxylic acids is 3. The van der Waals surface area contributed by atoms with E-state index in [1.807, 2.05) is 0 Å². The van der Waals surface area contributed by atoms with Crippen molar-refractivity contribution in [1.82, 2.24) is 20.0 Å². The second-order valence-corrected chi connectivity index (χ2v) is 8.18. The van der Waals surface area contributed by atoms with E-state index in [4.69, 9.17) is 25.5 Å². The van der Waals surface area contributed by atoms with E-state index < -0.39 is 49.4 Å². The van der Waals surface area contributed by atoms with Gasteiger partial charge in [-0.25, -0.2) is 0 Å².